The average molecular weight is 312 g/mol. The monoisotopic (exact) mass is 311 g/mol. The van der Waals surface area contributed by atoms with Crippen molar-refractivity contribution in [1.82, 2.24) is 10.6 Å². The molecule has 0 aromatic heterocycles. The second kappa shape index (κ2) is 11.8. The Morgan fingerprint density at radius 3 is 2.41 bits per heavy atom. The van der Waals surface area contributed by atoms with Crippen LogP contribution in [0.5, 0.6) is 0 Å². The van der Waals surface area contributed by atoms with Crippen LogP contribution in [0.15, 0.2) is 4.99 Å². The van der Waals surface area contributed by atoms with Crippen LogP contribution >= 0.6 is 0 Å². The third kappa shape index (κ3) is 7.48. The van der Waals surface area contributed by atoms with Crippen LogP contribution < -0.4 is 10.6 Å². The molecule has 0 bridgehead atoms. The highest BCUT2D eigenvalue weighted by molar-refractivity contribution is 5.80. The lowest BCUT2D eigenvalue weighted by atomic mass is 9.84. The Hall–Kier alpha value is -0.770. The Morgan fingerprint density at radius 1 is 1.14 bits per heavy atom. The summed E-state index contributed by atoms with van der Waals surface area (Å²) < 4.78 is 0. The highest BCUT2D eigenvalue weighted by Crippen LogP contribution is 2.26. The van der Waals surface area contributed by atoms with Crippen LogP contribution in [0.3, 0.4) is 0 Å². The van der Waals surface area contributed by atoms with Crippen molar-refractivity contribution >= 4 is 5.96 Å². The fourth-order valence-corrected chi connectivity index (χ4v) is 3.37. The minimum atomic E-state index is 0.269. The topological polar surface area (TPSA) is 56.7 Å². The van der Waals surface area contributed by atoms with Crippen LogP contribution in [-0.2, 0) is 0 Å². The fourth-order valence-electron chi connectivity index (χ4n) is 3.37. The zero-order chi connectivity index (χ0) is 16.2. The summed E-state index contributed by atoms with van der Waals surface area (Å²) >= 11 is 0. The van der Waals surface area contributed by atoms with Gasteiger partial charge in [0.25, 0.3) is 0 Å². The van der Waals surface area contributed by atoms with Gasteiger partial charge in [0.15, 0.2) is 5.96 Å². The number of hydrogen-bond donors (Lipinski definition) is 3. The van der Waals surface area contributed by atoms with Gasteiger partial charge in [-0.25, -0.2) is 0 Å². The molecular weight excluding hydrogens is 274 g/mol. The van der Waals surface area contributed by atoms with Gasteiger partial charge in [-0.05, 0) is 57.3 Å². The Balaban J connectivity index is 2.47. The molecule has 0 spiro atoms. The number of aliphatic imine (C=N–C) groups is 1. The largest absolute Gasteiger partial charge is 0.396 e. The average Bonchev–Trinajstić information content (AvgIpc) is 2.53. The van der Waals surface area contributed by atoms with Gasteiger partial charge in [0, 0.05) is 25.7 Å². The van der Waals surface area contributed by atoms with E-state index < -0.39 is 0 Å². The number of guanidine groups is 1. The van der Waals surface area contributed by atoms with Crippen LogP contribution in [0, 0.1) is 11.8 Å². The summed E-state index contributed by atoms with van der Waals surface area (Å²) in [5, 5.41) is 16.1. The lowest BCUT2D eigenvalue weighted by Crippen LogP contribution is -2.45. The van der Waals surface area contributed by atoms with Gasteiger partial charge in [0.2, 0.25) is 0 Å². The maximum Gasteiger partial charge on any atom is 0.191 e. The summed E-state index contributed by atoms with van der Waals surface area (Å²) in [5.74, 6) is 2.39. The molecule has 0 heterocycles. The van der Waals surface area contributed by atoms with E-state index in [2.05, 4.69) is 31.4 Å². The maximum absolute atomic E-state index is 9.16. The molecule has 1 saturated carbocycles. The van der Waals surface area contributed by atoms with E-state index in [1.165, 1.54) is 32.1 Å². The van der Waals surface area contributed by atoms with Crippen LogP contribution in [0.25, 0.3) is 0 Å². The van der Waals surface area contributed by atoms with Crippen LogP contribution in [-0.4, -0.2) is 36.8 Å². The molecule has 0 aromatic rings. The van der Waals surface area contributed by atoms with Crippen molar-refractivity contribution in [2.75, 3.05) is 19.7 Å². The summed E-state index contributed by atoms with van der Waals surface area (Å²) in [6, 6.07) is 0.572. The SMILES string of the molecule is CCCC(CCO)CN=C(NCC)NC1CCC(CC)CC1. The number of aliphatic hydroxyl groups excluding tert-OH is 1. The molecule has 1 fully saturated rings. The van der Waals surface area contributed by atoms with Gasteiger partial charge < -0.3 is 15.7 Å². The molecule has 1 aliphatic carbocycles. The Bertz CT molecular complexity index is 293. The zero-order valence-electron chi connectivity index (χ0n) is 14.9. The summed E-state index contributed by atoms with van der Waals surface area (Å²) in [6.45, 7) is 8.60. The number of nitrogens with one attached hydrogen (secondary N) is 2. The highest BCUT2D eigenvalue weighted by Gasteiger charge is 2.20. The molecule has 0 aromatic carbocycles. The quantitative estimate of drug-likeness (QED) is 0.452. The third-order valence-corrected chi connectivity index (χ3v) is 4.85. The molecule has 1 atom stereocenters. The minimum absolute atomic E-state index is 0.269. The van der Waals surface area contributed by atoms with E-state index in [1.807, 2.05) is 0 Å². The van der Waals surface area contributed by atoms with Crippen LogP contribution in [0.1, 0.15) is 72.1 Å². The van der Waals surface area contributed by atoms with Gasteiger partial charge in [-0.3, -0.25) is 4.99 Å². The lowest BCUT2D eigenvalue weighted by Gasteiger charge is -2.29. The van der Waals surface area contributed by atoms with Gasteiger partial charge in [0.05, 0.1) is 0 Å². The Morgan fingerprint density at radius 2 is 1.86 bits per heavy atom. The molecule has 1 aliphatic rings. The standard InChI is InChI=1S/C18H37N3O/c1-4-7-16(12-13-22)14-20-18(19-6-3)21-17-10-8-15(5-2)9-11-17/h15-17,22H,4-14H2,1-3H3,(H2,19,20,21). The van der Waals surface area contributed by atoms with E-state index in [-0.39, 0.29) is 6.61 Å². The molecule has 4 nitrogen and oxygen atoms in total. The summed E-state index contributed by atoms with van der Waals surface area (Å²) in [6.07, 6.45) is 9.69. The van der Waals surface area contributed by atoms with Gasteiger partial charge in [-0.2, -0.15) is 0 Å². The summed E-state index contributed by atoms with van der Waals surface area (Å²) in [5.41, 5.74) is 0. The predicted octanol–water partition coefficient (Wildman–Crippen LogP) is 3.31. The van der Waals surface area contributed by atoms with E-state index in [9.17, 15) is 0 Å². The first-order chi connectivity index (χ1) is 10.7. The Labute approximate surface area is 137 Å². The smallest absolute Gasteiger partial charge is 0.191 e. The van der Waals surface area contributed by atoms with Crippen LogP contribution in [0.2, 0.25) is 0 Å². The van der Waals surface area contributed by atoms with E-state index in [1.54, 1.807) is 0 Å². The van der Waals surface area contributed by atoms with Crippen LogP contribution in [0.4, 0.5) is 0 Å². The van der Waals surface area contributed by atoms with Crippen molar-refractivity contribution in [3.05, 3.63) is 0 Å². The zero-order valence-corrected chi connectivity index (χ0v) is 14.9. The maximum atomic E-state index is 9.16. The van der Waals surface area contributed by atoms with Gasteiger partial charge >= 0.3 is 0 Å². The first-order valence-electron chi connectivity index (χ1n) is 9.39. The highest BCUT2D eigenvalue weighted by atomic mass is 16.3. The van der Waals surface area contributed by atoms with Gasteiger partial charge in [0.1, 0.15) is 0 Å². The molecule has 22 heavy (non-hydrogen) atoms. The molecule has 0 aliphatic heterocycles. The van der Waals surface area contributed by atoms with E-state index in [0.717, 1.165) is 44.2 Å². The summed E-state index contributed by atoms with van der Waals surface area (Å²) in [7, 11) is 0. The molecule has 0 amide bonds. The lowest BCUT2D eigenvalue weighted by molar-refractivity contribution is 0.253. The molecule has 0 radical (unpaired) electrons. The van der Waals surface area contributed by atoms with Crippen molar-refractivity contribution in [3.8, 4) is 0 Å². The first kappa shape index (κ1) is 19.3. The number of aliphatic hydroxyl groups is 1. The second-order valence-corrected chi connectivity index (χ2v) is 6.66. The van der Waals surface area contributed by atoms with Gasteiger partial charge in [-0.15, -0.1) is 0 Å². The van der Waals surface area contributed by atoms with E-state index in [4.69, 9.17) is 10.1 Å². The van der Waals surface area contributed by atoms with Crippen molar-refractivity contribution in [2.24, 2.45) is 16.8 Å². The Kier molecular flexibility index (Phi) is 10.3. The van der Waals surface area contributed by atoms with Gasteiger partial charge in [-0.1, -0.05) is 26.7 Å². The van der Waals surface area contributed by atoms with E-state index >= 15 is 0 Å². The molecule has 1 unspecified atom stereocenters. The predicted molar refractivity (Wildman–Crippen MR) is 95.3 cm³/mol. The molecule has 0 saturated heterocycles. The number of rotatable bonds is 9. The van der Waals surface area contributed by atoms with Crippen molar-refractivity contribution in [2.45, 2.75) is 78.2 Å². The molecule has 3 N–H and O–H groups in total. The van der Waals surface area contributed by atoms with E-state index in [0.29, 0.717) is 12.0 Å². The van der Waals surface area contributed by atoms with Crippen molar-refractivity contribution < 1.29 is 5.11 Å². The second-order valence-electron chi connectivity index (χ2n) is 6.66. The molecular formula is C18H37N3O. The summed E-state index contributed by atoms with van der Waals surface area (Å²) in [4.78, 5) is 4.77. The molecule has 130 valence electrons. The number of nitrogens with zero attached hydrogens (tertiary/aromatic N) is 1. The first-order valence-corrected chi connectivity index (χ1v) is 9.39. The number of hydrogen-bond acceptors (Lipinski definition) is 2. The third-order valence-electron chi connectivity index (χ3n) is 4.85. The van der Waals surface area contributed by atoms with Crippen molar-refractivity contribution in [1.29, 1.82) is 0 Å². The van der Waals surface area contributed by atoms with Crippen molar-refractivity contribution in [3.63, 3.8) is 0 Å². The normalized spacial score (nSPS) is 24.1. The molecule has 1 rings (SSSR count). The fraction of sp³-hybridized carbons (Fsp3) is 0.944. The molecule has 4 heteroatoms. The minimum Gasteiger partial charge on any atom is -0.396 e.